The van der Waals surface area contributed by atoms with Gasteiger partial charge in [0.25, 0.3) is 0 Å². The summed E-state index contributed by atoms with van der Waals surface area (Å²) in [6.07, 6.45) is 7.34. The Morgan fingerprint density at radius 1 is 1.20 bits per heavy atom. The van der Waals surface area contributed by atoms with Crippen LogP contribution in [0.15, 0.2) is 0 Å². The smallest absolute Gasteiger partial charge is 0.0465 e. The Hall–Kier alpha value is -0.0400. The van der Waals surface area contributed by atoms with Gasteiger partial charge in [0.15, 0.2) is 0 Å². The van der Waals surface area contributed by atoms with Gasteiger partial charge in [0.2, 0.25) is 0 Å². The predicted octanol–water partition coefficient (Wildman–Crippen LogP) is 2.81. The van der Waals surface area contributed by atoms with Crippen molar-refractivity contribution in [2.24, 2.45) is 0 Å². The predicted molar refractivity (Wildman–Crippen MR) is 44.9 cm³/mol. The highest BCUT2D eigenvalue weighted by Gasteiger charge is 1.87. The molecule has 0 spiro atoms. The third-order valence-electron chi connectivity index (χ3n) is 1.49. The third-order valence-corrected chi connectivity index (χ3v) is 1.49. The molecule has 0 rings (SSSR count). The summed E-state index contributed by atoms with van der Waals surface area (Å²) in [4.78, 5) is 0. The number of unbranched alkanes of at least 4 members (excludes halogenated alkanes) is 4. The molecule has 0 aromatic carbocycles. The van der Waals surface area contributed by atoms with Gasteiger partial charge >= 0.3 is 0 Å². The summed E-state index contributed by atoms with van der Waals surface area (Å²) in [5.41, 5.74) is 0. The molecule has 61 valence electrons. The van der Waals surface area contributed by atoms with Gasteiger partial charge in [-0.05, 0) is 19.8 Å². The van der Waals surface area contributed by atoms with Crippen LogP contribution in [0.1, 0.15) is 39.5 Å². The van der Waals surface area contributed by atoms with E-state index < -0.39 is 0 Å². The van der Waals surface area contributed by atoms with E-state index in [2.05, 4.69) is 13.3 Å². The number of hydrogen-bond donors (Lipinski definition) is 0. The second-order valence-corrected chi connectivity index (χ2v) is 2.45. The van der Waals surface area contributed by atoms with Crippen molar-refractivity contribution >= 4 is 0 Å². The highest BCUT2D eigenvalue weighted by atomic mass is 16.5. The van der Waals surface area contributed by atoms with E-state index in [0.29, 0.717) is 0 Å². The fourth-order valence-corrected chi connectivity index (χ4v) is 0.874. The Morgan fingerprint density at radius 3 is 2.60 bits per heavy atom. The minimum absolute atomic E-state index is 0.861. The first-order chi connectivity index (χ1) is 4.91. The molecule has 1 nitrogen and oxygen atoms in total. The average molecular weight is 143 g/mol. The van der Waals surface area contributed by atoms with Crippen molar-refractivity contribution in [3.8, 4) is 0 Å². The zero-order valence-corrected chi connectivity index (χ0v) is 7.23. The molecule has 0 N–H and O–H groups in total. The molecule has 0 aliphatic rings. The summed E-state index contributed by atoms with van der Waals surface area (Å²) in [5, 5.41) is 0. The molecule has 0 saturated heterocycles. The Morgan fingerprint density at radius 2 is 2.00 bits per heavy atom. The van der Waals surface area contributed by atoms with Crippen molar-refractivity contribution in [2.45, 2.75) is 39.5 Å². The molecule has 0 atom stereocenters. The van der Waals surface area contributed by atoms with Gasteiger partial charge in [0.1, 0.15) is 0 Å². The highest BCUT2D eigenvalue weighted by Crippen LogP contribution is 2.01. The molecule has 0 unspecified atom stereocenters. The van der Waals surface area contributed by atoms with Gasteiger partial charge < -0.3 is 4.74 Å². The first kappa shape index (κ1) is 9.96. The minimum atomic E-state index is 0.861. The Labute approximate surface area is 64.8 Å². The van der Waals surface area contributed by atoms with Gasteiger partial charge in [-0.3, -0.25) is 0 Å². The maximum atomic E-state index is 5.20. The SMILES string of the molecule is C[CH]CCCCCOCC. The lowest BCUT2D eigenvalue weighted by atomic mass is 10.2. The molecule has 0 bridgehead atoms. The molecular weight excluding hydrogens is 124 g/mol. The fourth-order valence-electron chi connectivity index (χ4n) is 0.874. The third kappa shape index (κ3) is 7.96. The second-order valence-electron chi connectivity index (χ2n) is 2.45. The zero-order chi connectivity index (χ0) is 7.66. The Bertz CT molecular complexity index is 44.7. The lowest BCUT2D eigenvalue weighted by molar-refractivity contribution is 0.143. The average Bonchev–Trinajstić information content (AvgIpc) is 1.97. The van der Waals surface area contributed by atoms with Crippen molar-refractivity contribution < 1.29 is 4.74 Å². The van der Waals surface area contributed by atoms with Crippen LogP contribution in [-0.4, -0.2) is 13.2 Å². The largest absolute Gasteiger partial charge is 0.382 e. The van der Waals surface area contributed by atoms with Crippen LogP contribution in [0, 0.1) is 6.42 Å². The molecule has 10 heavy (non-hydrogen) atoms. The first-order valence-corrected chi connectivity index (χ1v) is 4.27. The molecule has 1 radical (unpaired) electrons. The van der Waals surface area contributed by atoms with Crippen LogP contribution in [0.5, 0.6) is 0 Å². The van der Waals surface area contributed by atoms with Crippen LogP contribution in [0.3, 0.4) is 0 Å². The molecular formula is C9H19O. The molecule has 0 aliphatic heterocycles. The standard InChI is InChI=1S/C9H19O/c1-3-5-6-7-8-9-10-4-2/h3H,4-9H2,1-2H3. The van der Waals surface area contributed by atoms with Gasteiger partial charge in [-0.15, -0.1) is 0 Å². The zero-order valence-electron chi connectivity index (χ0n) is 7.23. The van der Waals surface area contributed by atoms with E-state index in [-0.39, 0.29) is 0 Å². The summed E-state index contributed by atoms with van der Waals surface area (Å²) in [6, 6.07) is 0. The van der Waals surface area contributed by atoms with Crippen molar-refractivity contribution in [2.75, 3.05) is 13.2 Å². The Kier molecular flexibility index (Phi) is 8.92. The lowest BCUT2D eigenvalue weighted by Gasteiger charge is -1.99. The summed E-state index contributed by atoms with van der Waals surface area (Å²) < 4.78 is 5.20. The maximum absolute atomic E-state index is 5.20. The van der Waals surface area contributed by atoms with E-state index in [9.17, 15) is 0 Å². The molecule has 0 aliphatic carbocycles. The summed E-state index contributed by atoms with van der Waals surface area (Å²) in [7, 11) is 0. The van der Waals surface area contributed by atoms with Crippen molar-refractivity contribution in [1.82, 2.24) is 0 Å². The molecule has 1 heteroatoms. The van der Waals surface area contributed by atoms with Crippen LogP contribution < -0.4 is 0 Å². The van der Waals surface area contributed by atoms with Gasteiger partial charge in [0, 0.05) is 13.2 Å². The van der Waals surface area contributed by atoms with Crippen LogP contribution in [0.25, 0.3) is 0 Å². The van der Waals surface area contributed by atoms with E-state index >= 15 is 0 Å². The van der Waals surface area contributed by atoms with Crippen LogP contribution in [0.2, 0.25) is 0 Å². The van der Waals surface area contributed by atoms with Crippen molar-refractivity contribution in [3.63, 3.8) is 0 Å². The topological polar surface area (TPSA) is 9.23 Å². The highest BCUT2D eigenvalue weighted by molar-refractivity contribution is 4.54. The van der Waals surface area contributed by atoms with E-state index in [1.807, 2.05) is 6.92 Å². The number of hydrogen-bond acceptors (Lipinski definition) is 1. The van der Waals surface area contributed by atoms with Gasteiger partial charge in [-0.2, -0.15) is 0 Å². The molecule has 0 saturated carbocycles. The lowest BCUT2D eigenvalue weighted by Crippen LogP contribution is -1.92. The van der Waals surface area contributed by atoms with Crippen LogP contribution >= 0.6 is 0 Å². The first-order valence-electron chi connectivity index (χ1n) is 4.27. The van der Waals surface area contributed by atoms with E-state index in [0.717, 1.165) is 13.2 Å². The molecule has 0 heterocycles. The summed E-state index contributed by atoms with van der Waals surface area (Å²) in [6.45, 7) is 5.96. The second kappa shape index (κ2) is 8.96. The molecule has 0 fully saturated rings. The fraction of sp³-hybridized carbons (Fsp3) is 0.889. The van der Waals surface area contributed by atoms with E-state index in [4.69, 9.17) is 4.74 Å². The quantitative estimate of drug-likeness (QED) is 0.498. The van der Waals surface area contributed by atoms with Crippen LogP contribution in [0.4, 0.5) is 0 Å². The monoisotopic (exact) mass is 143 g/mol. The Balaban J connectivity index is 2.65. The van der Waals surface area contributed by atoms with Crippen molar-refractivity contribution in [3.05, 3.63) is 6.42 Å². The van der Waals surface area contributed by atoms with Gasteiger partial charge in [0.05, 0.1) is 0 Å². The normalized spacial score (nSPS) is 10.2. The van der Waals surface area contributed by atoms with E-state index in [1.54, 1.807) is 0 Å². The molecule has 0 aromatic rings. The van der Waals surface area contributed by atoms with E-state index in [1.165, 1.54) is 25.7 Å². The number of rotatable bonds is 7. The molecule has 0 amide bonds. The van der Waals surface area contributed by atoms with Gasteiger partial charge in [-0.1, -0.05) is 26.2 Å². The number of ether oxygens (including phenoxy) is 1. The van der Waals surface area contributed by atoms with Gasteiger partial charge in [-0.25, -0.2) is 0 Å². The summed E-state index contributed by atoms with van der Waals surface area (Å²) in [5.74, 6) is 0. The molecule has 0 aromatic heterocycles. The minimum Gasteiger partial charge on any atom is -0.382 e. The summed E-state index contributed by atoms with van der Waals surface area (Å²) >= 11 is 0. The van der Waals surface area contributed by atoms with Crippen LogP contribution in [-0.2, 0) is 4.74 Å². The van der Waals surface area contributed by atoms with Crippen molar-refractivity contribution in [1.29, 1.82) is 0 Å². The maximum Gasteiger partial charge on any atom is 0.0465 e.